The molecule has 6 atom stereocenters. The fourth-order valence-corrected chi connectivity index (χ4v) is 4.99. The van der Waals surface area contributed by atoms with Crippen LogP contribution in [-0.4, -0.2) is 83.1 Å². The predicted molar refractivity (Wildman–Crippen MR) is 108 cm³/mol. The molecule has 2 saturated heterocycles. The average Bonchev–Trinajstić information content (AvgIpc) is 3.11. The summed E-state index contributed by atoms with van der Waals surface area (Å²) < 4.78 is 37.8. The molecule has 3 fully saturated rings. The summed E-state index contributed by atoms with van der Waals surface area (Å²) >= 11 is 0. The second-order valence-electron chi connectivity index (χ2n) is 9.30. The molecule has 0 spiro atoms. The molecule has 14 heteroatoms. The molecule has 0 radical (unpaired) electrons. The second kappa shape index (κ2) is 9.75. The van der Waals surface area contributed by atoms with Crippen LogP contribution in [0.3, 0.4) is 0 Å². The van der Waals surface area contributed by atoms with Crippen LogP contribution in [0.4, 0.5) is 13.2 Å². The maximum absolute atomic E-state index is 13.1. The Morgan fingerprint density at radius 2 is 1.97 bits per heavy atom. The number of carbonyl (C=O) groups is 4. The van der Waals surface area contributed by atoms with E-state index in [9.17, 15) is 42.7 Å². The lowest BCUT2D eigenvalue weighted by atomic mass is 9.97. The minimum absolute atomic E-state index is 0. The van der Waals surface area contributed by atoms with Crippen molar-refractivity contribution in [2.75, 3.05) is 19.7 Å². The molecule has 4 amide bonds. The first-order valence-electron chi connectivity index (χ1n) is 10.6. The van der Waals surface area contributed by atoms with Crippen molar-refractivity contribution < 1.29 is 42.9 Å². The fraction of sp³-hybridized carbons (Fsp3) is 0.750. The number of halogens is 3. The van der Waals surface area contributed by atoms with Crippen molar-refractivity contribution in [3.63, 3.8) is 0 Å². The van der Waals surface area contributed by atoms with Crippen molar-refractivity contribution in [2.45, 2.75) is 51.0 Å². The van der Waals surface area contributed by atoms with E-state index in [4.69, 9.17) is 0 Å². The number of alkyl halides is 3. The van der Waals surface area contributed by atoms with E-state index in [0.29, 0.717) is 13.0 Å². The van der Waals surface area contributed by atoms with Crippen molar-refractivity contribution in [3.05, 3.63) is 0 Å². The van der Waals surface area contributed by atoms with Gasteiger partial charge in [-0.15, -0.1) is 0 Å². The lowest BCUT2D eigenvalue weighted by molar-refractivity contribution is -0.175. The molecule has 0 bridgehead atoms. The van der Waals surface area contributed by atoms with Gasteiger partial charge in [-0.3, -0.25) is 19.2 Å². The standard InChI is InChI=1S/C20H26F3N5O5.H2O/c1-19(2)11-7-28(17(32)12(8-29)27-18(33)20(21,22)23)14(13(11)19)16(31)26-10(6-24)5-9-3-4-25-15(9)30;/h9-14,29H,3-5,7-8H2,1-2H3,(H,25,30)(H,26,31)(H,27,33);1H2/t9-,10-,11-,12-,13-,14-;/m0./s1. The number of nitriles is 1. The molecule has 0 aromatic heterocycles. The van der Waals surface area contributed by atoms with Crippen LogP contribution in [0.2, 0.25) is 0 Å². The van der Waals surface area contributed by atoms with E-state index in [1.165, 1.54) is 5.32 Å². The Morgan fingerprint density at radius 1 is 1.32 bits per heavy atom. The molecule has 2 aliphatic heterocycles. The summed E-state index contributed by atoms with van der Waals surface area (Å²) in [4.78, 5) is 50.1. The monoisotopic (exact) mass is 491 g/mol. The summed E-state index contributed by atoms with van der Waals surface area (Å²) in [5, 5.41) is 25.6. The summed E-state index contributed by atoms with van der Waals surface area (Å²) in [6.45, 7) is 3.25. The van der Waals surface area contributed by atoms with Gasteiger partial charge in [0.2, 0.25) is 17.7 Å². The summed E-state index contributed by atoms with van der Waals surface area (Å²) in [6.07, 6.45) is -4.63. The van der Waals surface area contributed by atoms with Crippen molar-refractivity contribution >= 4 is 23.6 Å². The van der Waals surface area contributed by atoms with Crippen LogP contribution in [0.5, 0.6) is 0 Å². The Labute approximate surface area is 193 Å². The third-order valence-corrected chi connectivity index (χ3v) is 6.96. The van der Waals surface area contributed by atoms with Gasteiger partial charge in [0, 0.05) is 19.0 Å². The van der Waals surface area contributed by atoms with Crippen LogP contribution >= 0.6 is 0 Å². The number of aliphatic hydroxyl groups excluding tert-OH is 1. The summed E-state index contributed by atoms with van der Waals surface area (Å²) in [7, 11) is 0. The zero-order chi connectivity index (χ0) is 24.7. The average molecular weight is 491 g/mol. The first-order chi connectivity index (χ1) is 15.3. The predicted octanol–water partition coefficient (Wildman–Crippen LogP) is -1.78. The summed E-state index contributed by atoms with van der Waals surface area (Å²) in [5.41, 5.74) is -0.309. The van der Waals surface area contributed by atoms with Crippen LogP contribution in [0, 0.1) is 34.5 Å². The molecule has 0 aromatic carbocycles. The van der Waals surface area contributed by atoms with Crippen LogP contribution in [0.1, 0.15) is 26.7 Å². The number of hydrogen-bond donors (Lipinski definition) is 4. The molecular formula is C20H28F3N5O6. The van der Waals surface area contributed by atoms with Gasteiger partial charge in [0.15, 0.2) is 0 Å². The minimum atomic E-state index is -5.24. The van der Waals surface area contributed by atoms with Crippen molar-refractivity contribution in [2.24, 2.45) is 23.2 Å². The Kier molecular flexibility index (Phi) is 7.84. The Hall–Kier alpha value is -2.92. The molecular weight excluding hydrogens is 463 g/mol. The van der Waals surface area contributed by atoms with Gasteiger partial charge in [0.05, 0.1) is 12.7 Å². The molecule has 0 aromatic rings. The highest BCUT2D eigenvalue weighted by molar-refractivity contribution is 5.94. The highest BCUT2D eigenvalue weighted by Gasteiger charge is 2.69. The number of amides is 4. The van der Waals surface area contributed by atoms with Crippen LogP contribution < -0.4 is 16.0 Å². The third-order valence-electron chi connectivity index (χ3n) is 6.96. The molecule has 11 nitrogen and oxygen atoms in total. The number of piperidine rings is 1. The van der Waals surface area contributed by atoms with Crippen molar-refractivity contribution in [3.8, 4) is 6.07 Å². The summed E-state index contributed by atoms with van der Waals surface area (Å²) in [5.74, 6) is -5.09. The van der Waals surface area contributed by atoms with Gasteiger partial charge in [0.1, 0.15) is 18.1 Å². The molecule has 3 aliphatic rings. The van der Waals surface area contributed by atoms with Gasteiger partial charge < -0.3 is 31.4 Å². The molecule has 0 unspecified atom stereocenters. The lowest BCUT2D eigenvalue weighted by Gasteiger charge is -2.33. The molecule has 1 aliphatic carbocycles. The van der Waals surface area contributed by atoms with Gasteiger partial charge in [-0.25, -0.2) is 0 Å². The van der Waals surface area contributed by atoms with E-state index in [0.717, 1.165) is 4.90 Å². The molecule has 1 saturated carbocycles. The first-order valence-corrected chi connectivity index (χ1v) is 10.6. The number of hydrogen-bond acceptors (Lipinski definition) is 6. The van der Waals surface area contributed by atoms with Gasteiger partial charge >= 0.3 is 12.1 Å². The second-order valence-corrected chi connectivity index (χ2v) is 9.30. The first kappa shape index (κ1) is 27.3. The lowest BCUT2D eigenvalue weighted by Crippen LogP contribution is -2.58. The maximum atomic E-state index is 13.1. The van der Waals surface area contributed by atoms with Crippen LogP contribution in [0.25, 0.3) is 0 Å². The molecule has 3 rings (SSSR count). The van der Waals surface area contributed by atoms with E-state index < -0.39 is 54.5 Å². The Balaban J connectivity index is 0.00000408. The number of rotatable bonds is 7. The molecule has 2 heterocycles. The van der Waals surface area contributed by atoms with E-state index >= 15 is 0 Å². The topological polar surface area (TPSA) is 183 Å². The van der Waals surface area contributed by atoms with Gasteiger partial charge in [-0.2, -0.15) is 18.4 Å². The number of nitrogens with one attached hydrogen (secondary N) is 3. The largest absolute Gasteiger partial charge is 0.471 e. The fourth-order valence-electron chi connectivity index (χ4n) is 4.99. The van der Waals surface area contributed by atoms with Gasteiger partial charge in [-0.05, 0) is 30.1 Å². The molecule has 6 N–H and O–H groups in total. The highest BCUT2D eigenvalue weighted by atomic mass is 19.4. The SMILES string of the molecule is CC1(C)[C@@H]2[C@@H](C(=O)N[C@H](C#N)C[C@@H]3CCNC3=O)N(C(=O)[C@H](CO)NC(=O)C(F)(F)F)C[C@@H]21.O. The highest BCUT2D eigenvalue weighted by Crippen LogP contribution is 2.64. The van der Waals surface area contributed by atoms with E-state index in [1.54, 1.807) is 0 Å². The van der Waals surface area contributed by atoms with Crippen LogP contribution in [-0.2, 0) is 19.2 Å². The normalized spacial score (nSPS) is 28.5. The quantitative estimate of drug-likeness (QED) is 0.326. The minimum Gasteiger partial charge on any atom is -0.412 e. The van der Waals surface area contributed by atoms with E-state index in [2.05, 4.69) is 10.6 Å². The zero-order valence-corrected chi connectivity index (χ0v) is 18.6. The Morgan fingerprint density at radius 3 is 2.47 bits per heavy atom. The Bertz CT molecular complexity index is 889. The number of likely N-dealkylation sites (tertiary alicyclic amines) is 1. The zero-order valence-electron chi connectivity index (χ0n) is 18.6. The number of fused-ring (bicyclic) bond motifs is 1. The summed E-state index contributed by atoms with van der Waals surface area (Å²) in [6, 6.07) is -2.01. The molecule has 190 valence electrons. The van der Waals surface area contributed by atoms with Gasteiger partial charge in [-0.1, -0.05) is 13.8 Å². The number of carbonyl (C=O) groups excluding carboxylic acids is 4. The van der Waals surface area contributed by atoms with Crippen molar-refractivity contribution in [1.82, 2.24) is 20.9 Å². The smallest absolute Gasteiger partial charge is 0.412 e. The third kappa shape index (κ3) is 5.10. The van der Waals surface area contributed by atoms with Crippen LogP contribution in [0.15, 0.2) is 0 Å². The molecule has 34 heavy (non-hydrogen) atoms. The maximum Gasteiger partial charge on any atom is 0.471 e. The van der Waals surface area contributed by atoms with E-state index in [1.807, 2.05) is 19.9 Å². The van der Waals surface area contributed by atoms with E-state index in [-0.39, 0.29) is 41.6 Å². The van der Waals surface area contributed by atoms with Crippen molar-refractivity contribution in [1.29, 1.82) is 5.26 Å². The number of aliphatic hydroxyl groups is 1. The van der Waals surface area contributed by atoms with Gasteiger partial charge in [0.25, 0.3) is 0 Å². The number of nitrogens with zero attached hydrogens (tertiary/aromatic N) is 2.